The fraction of sp³-hybridized carbons (Fsp3) is 0.471. The van der Waals surface area contributed by atoms with E-state index in [1.807, 2.05) is 0 Å². The molecule has 0 aliphatic carbocycles. The Hall–Kier alpha value is -2.66. The van der Waals surface area contributed by atoms with Crippen LogP contribution in [0.25, 0.3) is 0 Å². The average Bonchev–Trinajstić information content (AvgIpc) is 3.22. The highest BCUT2D eigenvalue weighted by Gasteiger charge is 2.50. The van der Waals surface area contributed by atoms with Gasteiger partial charge in [0.1, 0.15) is 18.3 Å². The van der Waals surface area contributed by atoms with Crippen LogP contribution in [0.1, 0.15) is 6.42 Å². The number of sulfonamides is 1. The van der Waals surface area contributed by atoms with E-state index in [0.717, 1.165) is 16.3 Å². The largest absolute Gasteiger partial charge is 0.497 e. The minimum absolute atomic E-state index is 0.0205. The zero-order valence-electron chi connectivity index (χ0n) is 15.7. The summed E-state index contributed by atoms with van der Waals surface area (Å²) in [4.78, 5) is 39.0. The highest BCUT2D eigenvalue weighted by Crippen LogP contribution is 2.31. The van der Waals surface area contributed by atoms with Gasteiger partial charge in [0.15, 0.2) is 0 Å². The maximum absolute atomic E-state index is 13.1. The molecule has 2 atom stereocenters. The molecule has 28 heavy (non-hydrogen) atoms. The third kappa shape index (κ3) is 3.31. The molecule has 0 radical (unpaired) electrons. The molecule has 0 saturated carbocycles. The molecule has 0 spiro atoms. The standard InChI is InChI=1S/C17H21N3O7S/c1-18-10-15(21)20(17(18)23)11-8-14(16(22)27-3)19(9-11)28(24,25)13-6-4-12(26-2)5-7-13/h4-7,11,14H,8-10H2,1-3H3/t11-,14+/m0/s1. The van der Waals surface area contributed by atoms with Crippen LogP contribution < -0.4 is 4.74 Å². The number of amides is 3. The van der Waals surface area contributed by atoms with Crippen LogP contribution in [0.3, 0.4) is 0 Å². The number of carbonyl (C=O) groups is 3. The van der Waals surface area contributed by atoms with Crippen LogP contribution >= 0.6 is 0 Å². The Morgan fingerprint density at radius 2 is 1.79 bits per heavy atom. The summed E-state index contributed by atoms with van der Waals surface area (Å²) in [6, 6.07) is 3.34. The molecule has 2 saturated heterocycles. The molecule has 3 amide bonds. The van der Waals surface area contributed by atoms with Gasteiger partial charge < -0.3 is 14.4 Å². The quantitative estimate of drug-likeness (QED) is 0.491. The van der Waals surface area contributed by atoms with E-state index in [-0.39, 0.29) is 24.4 Å². The number of benzene rings is 1. The van der Waals surface area contributed by atoms with Gasteiger partial charge in [-0.1, -0.05) is 0 Å². The summed E-state index contributed by atoms with van der Waals surface area (Å²) >= 11 is 0. The first-order chi connectivity index (χ1) is 13.2. The lowest BCUT2D eigenvalue weighted by molar-refractivity contribution is -0.144. The van der Waals surface area contributed by atoms with Crippen LogP contribution in [0.4, 0.5) is 4.79 Å². The topological polar surface area (TPSA) is 114 Å². The van der Waals surface area contributed by atoms with E-state index in [2.05, 4.69) is 0 Å². The van der Waals surface area contributed by atoms with Gasteiger partial charge in [0.25, 0.3) is 5.91 Å². The zero-order chi connectivity index (χ0) is 20.6. The second kappa shape index (κ2) is 7.40. The van der Waals surface area contributed by atoms with E-state index < -0.39 is 40.0 Å². The Kier molecular flexibility index (Phi) is 5.31. The van der Waals surface area contributed by atoms with Crippen molar-refractivity contribution in [3.8, 4) is 5.75 Å². The predicted molar refractivity (Wildman–Crippen MR) is 96.0 cm³/mol. The maximum atomic E-state index is 13.1. The van der Waals surface area contributed by atoms with Gasteiger partial charge in [-0.15, -0.1) is 0 Å². The SMILES string of the molecule is COC(=O)[C@H]1C[C@H](N2C(=O)CN(C)C2=O)CN1S(=O)(=O)c1ccc(OC)cc1. The summed E-state index contributed by atoms with van der Waals surface area (Å²) in [5, 5.41) is 0. The van der Waals surface area contributed by atoms with Crippen molar-refractivity contribution in [2.24, 2.45) is 0 Å². The summed E-state index contributed by atoms with van der Waals surface area (Å²) < 4.78 is 37.0. The second-order valence-corrected chi connectivity index (χ2v) is 8.47. The molecule has 10 nitrogen and oxygen atoms in total. The molecule has 2 heterocycles. The van der Waals surface area contributed by atoms with E-state index in [1.165, 1.54) is 43.3 Å². The van der Waals surface area contributed by atoms with Crippen molar-refractivity contribution in [1.29, 1.82) is 0 Å². The highest BCUT2D eigenvalue weighted by atomic mass is 32.2. The summed E-state index contributed by atoms with van der Waals surface area (Å²) in [6.07, 6.45) is -0.0205. The van der Waals surface area contributed by atoms with Gasteiger partial charge in [0.05, 0.1) is 25.2 Å². The summed E-state index contributed by atoms with van der Waals surface area (Å²) in [7, 11) is 0.0419. The summed E-state index contributed by atoms with van der Waals surface area (Å²) in [6.45, 7) is -0.261. The molecule has 1 aromatic rings. The molecule has 0 bridgehead atoms. The molecule has 0 aromatic heterocycles. The van der Waals surface area contributed by atoms with Crippen molar-refractivity contribution in [3.05, 3.63) is 24.3 Å². The van der Waals surface area contributed by atoms with E-state index in [4.69, 9.17) is 9.47 Å². The number of hydrogen-bond acceptors (Lipinski definition) is 7. The Labute approximate surface area is 162 Å². The molecule has 2 aliphatic rings. The van der Waals surface area contributed by atoms with E-state index in [1.54, 1.807) is 0 Å². The third-order valence-corrected chi connectivity index (χ3v) is 6.80. The summed E-state index contributed by atoms with van der Waals surface area (Å²) in [5.41, 5.74) is 0. The van der Waals surface area contributed by atoms with Crippen LogP contribution in [0, 0.1) is 0 Å². The molecule has 3 rings (SSSR count). The smallest absolute Gasteiger partial charge is 0.327 e. The molecule has 2 fully saturated rings. The average molecular weight is 411 g/mol. The van der Waals surface area contributed by atoms with Crippen molar-refractivity contribution in [3.63, 3.8) is 0 Å². The van der Waals surface area contributed by atoms with E-state index in [0.29, 0.717) is 5.75 Å². The monoisotopic (exact) mass is 411 g/mol. The second-order valence-electron chi connectivity index (χ2n) is 6.58. The van der Waals surface area contributed by atoms with Gasteiger partial charge in [-0.3, -0.25) is 14.5 Å². The maximum Gasteiger partial charge on any atom is 0.327 e. The highest BCUT2D eigenvalue weighted by molar-refractivity contribution is 7.89. The van der Waals surface area contributed by atoms with E-state index >= 15 is 0 Å². The van der Waals surface area contributed by atoms with Gasteiger partial charge in [0.2, 0.25) is 10.0 Å². The number of imide groups is 1. The minimum atomic E-state index is -4.06. The number of nitrogens with zero attached hydrogens (tertiary/aromatic N) is 3. The van der Waals surface area contributed by atoms with Crippen molar-refractivity contribution in [1.82, 2.24) is 14.1 Å². The molecule has 0 N–H and O–H groups in total. The first-order valence-corrected chi connectivity index (χ1v) is 9.95. The van der Waals surface area contributed by atoms with Crippen molar-refractivity contribution < 1.29 is 32.3 Å². The Bertz CT molecular complexity index is 900. The van der Waals surface area contributed by atoms with Crippen LogP contribution in [-0.2, 0) is 24.3 Å². The predicted octanol–water partition coefficient (Wildman–Crippen LogP) is -0.106. The number of esters is 1. The molecule has 152 valence electrons. The fourth-order valence-electron chi connectivity index (χ4n) is 3.47. The van der Waals surface area contributed by atoms with Gasteiger partial charge >= 0.3 is 12.0 Å². The third-order valence-electron chi connectivity index (χ3n) is 4.91. The minimum Gasteiger partial charge on any atom is -0.497 e. The molecule has 2 aliphatic heterocycles. The molecular formula is C17H21N3O7S. The van der Waals surface area contributed by atoms with Crippen LogP contribution in [0.2, 0.25) is 0 Å². The molecular weight excluding hydrogens is 390 g/mol. The van der Waals surface area contributed by atoms with Crippen LogP contribution in [0.15, 0.2) is 29.2 Å². The van der Waals surface area contributed by atoms with E-state index in [9.17, 15) is 22.8 Å². The Balaban J connectivity index is 1.94. The zero-order valence-corrected chi connectivity index (χ0v) is 16.5. The Morgan fingerprint density at radius 1 is 1.14 bits per heavy atom. The number of urea groups is 1. The first kappa shape index (κ1) is 20.1. The lowest BCUT2D eigenvalue weighted by Gasteiger charge is -2.23. The van der Waals surface area contributed by atoms with Crippen LogP contribution in [-0.4, -0.2) is 86.9 Å². The number of ether oxygens (including phenoxy) is 2. The van der Waals surface area contributed by atoms with Gasteiger partial charge in [-0.25, -0.2) is 13.2 Å². The van der Waals surface area contributed by atoms with Crippen molar-refractivity contribution in [2.75, 3.05) is 34.4 Å². The molecule has 11 heteroatoms. The number of likely N-dealkylation sites (N-methyl/N-ethyl adjacent to an activating group) is 1. The van der Waals surface area contributed by atoms with Gasteiger partial charge in [0, 0.05) is 13.6 Å². The number of methoxy groups -OCH3 is 2. The van der Waals surface area contributed by atoms with Crippen molar-refractivity contribution >= 4 is 27.9 Å². The van der Waals surface area contributed by atoms with Gasteiger partial charge in [-0.2, -0.15) is 4.31 Å². The van der Waals surface area contributed by atoms with Gasteiger partial charge in [-0.05, 0) is 30.7 Å². The lowest BCUT2D eigenvalue weighted by Crippen LogP contribution is -2.43. The lowest BCUT2D eigenvalue weighted by atomic mass is 10.1. The van der Waals surface area contributed by atoms with Crippen molar-refractivity contribution in [2.45, 2.75) is 23.4 Å². The molecule has 1 aromatic carbocycles. The number of carbonyl (C=O) groups excluding carboxylic acids is 3. The number of rotatable bonds is 5. The first-order valence-electron chi connectivity index (χ1n) is 8.51. The molecule has 0 unspecified atom stereocenters. The normalized spacial score (nSPS) is 23.4. The number of hydrogen-bond donors (Lipinski definition) is 0. The summed E-state index contributed by atoms with van der Waals surface area (Å²) in [5.74, 6) is -0.684. The van der Waals surface area contributed by atoms with Crippen LogP contribution in [0.5, 0.6) is 5.75 Å². The fourth-order valence-corrected chi connectivity index (χ4v) is 5.09. The Morgan fingerprint density at radius 3 is 2.29 bits per heavy atom.